The smallest absolute Gasteiger partial charge is 0.410 e. The Bertz CT molecular complexity index is 1570. The van der Waals surface area contributed by atoms with Gasteiger partial charge in [0.1, 0.15) is 28.8 Å². The van der Waals surface area contributed by atoms with Gasteiger partial charge in [-0.15, -0.1) is 0 Å². The predicted molar refractivity (Wildman–Crippen MR) is 164 cm³/mol. The van der Waals surface area contributed by atoms with E-state index in [0.29, 0.717) is 60.5 Å². The summed E-state index contributed by atoms with van der Waals surface area (Å²) in [6.45, 7) is 7.85. The number of methoxy groups -OCH3 is 1. The van der Waals surface area contributed by atoms with Crippen molar-refractivity contribution in [3.63, 3.8) is 0 Å². The van der Waals surface area contributed by atoms with E-state index in [-0.39, 0.29) is 12.0 Å². The minimum atomic E-state index is -0.541. The van der Waals surface area contributed by atoms with Gasteiger partial charge in [0, 0.05) is 67.7 Å². The van der Waals surface area contributed by atoms with Gasteiger partial charge in [0.05, 0.1) is 19.0 Å². The normalized spacial score (nSPS) is 13.3. The second-order valence-electron chi connectivity index (χ2n) is 10.9. The molecule has 0 spiro atoms. The van der Waals surface area contributed by atoms with Crippen molar-refractivity contribution in [3.8, 4) is 17.0 Å². The molecule has 0 atom stereocenters. The topological polar surface area (TPSA) is 135 Å². The summed E-state index contributed by atoms with van der Waals surface area (Å²) in [5.41, 5.74) is 1.92. The van der Waals surface area contributed by atoms with Crippen LogP contribution in [0.2, 0.25) is 0 Å². The fourth-order valence-corrected chi connectivity index (χ4v) is 4.45. The van der Waals surface area contributed by atoms with E-state index in [4.69, 9.17) is 14.5 Å². The summed E-state index contributed by atoms with van der Waals surface area (Å²) in [5.74, 6) is 2.14. The molecule has 5 rings (SSSR count). The minimum Gasteiger partial charge on any atom is -0.497 e. The lowest BCUT2D eigenvalue weighted by Crippen LogP contribution is -2.50. The van der Waals surface area contributed by atoms with Crippen LogP contribution in [0.3, 0.4) is 0 Å². The van der Waals surface area contributed by atoms with E-state index in [2.05, 4.69) is 30.5 Å². The maximum Gasteiger partial charge on any atom is 0.410 e. The summed E-state index contributed by atoms with van der Waals surface area (Å²) in [6, 6.07) is 14.2. The van der Waals surface area contributed by atoms with Crippen LogP contribution >= 0.6 is 0 Å². The molecule has 3 aromatic heterocycles. The number of pyridine rings is 2. The van der Waals surface area contributed by atoms with Crippen LogP contribution in [0.4, 0.5) is 27.9 Å². The largest absolute Gasteiger partial charge is 0.497 e. The molecule has 222 valence electrons. The SMILES string of the molecule is COc1ccc(C(=O)Nc2cc(Nc3cnccn3)nc(-c3ccnc(N4CCN(C(=O)OC(C)(C)C)CC4)c3)c2)cc1. The average Bonchev–Trinajstić information content (AvgIpc) is 3.01. The molecule has 0 radical (unpaired) electrons. The number of anilines is 4. The molecule has 1 aliphatic heterocycles. The Morgan fingerprint density at radius 3 is 2.33 bits per heavy atom. The maximum atomic E-state index is 13.1. The molecule has 0 saturated carbocycles. The summed E-state index contributed by atoms with van der Waals surface area (Å²) in [5, 5.41) is 6.13. The number of benzene rings is 1. The third-order valence-electron chi connectivity index (χ3n) is 6.55. The molecule has 12 heteroatoms. The maximum absolute atomic E-state index is 13.1. The molecule has 0 unspecified atom stereocenters. The van der Waals surface area contributed by atoms with Crippen LogP contribution in [-0.4, -0.2) is 75.7 Å². The van der Waals surface area contributed by atoms with Crippen LogP contribution in [0.15, 0.2) is 73.3 Å². The Kier molecular flexibility index (Phi) is 8.65. The van der Waals surface area contributed by atoms with Crippen molar-refractivity contribution >= 4 is 35.1 Å². The molecule has 1 saturated heterocycles. The van der Waals surface area contributed by atoms with Crippen molar-refractivity contribution in [1.29, 1.82) is 0 Å². The second-order valence-corrected chi connectivity index (χ2v) is 10.9. The lowest BCUT2D eigenvalue weighted by molar-refractivity contribution is 0.0240. The molecule has 2 N–H and O–H groups in total. The number of carbonyl (C=O) groups is 2. The second kappa shape index (κ2) is 12.7. The number of nitrogens with one attached hydrogen (secondary N) is 2. The first-order valence-corrected chi connectivity index (χ1v) is 13.9. The Morgan fingerprint density at radius 2 is 1.65 bits per heavy atom. The summed E-state index contributed by atoms with van der Waals surface area (Å²) in [6.07, 6.45) is 6.17. The first kappa shape index (κ1) is 29.2. The third kappa shape index (κ3) is 7.73. The van der Waals surface area contributed by atoms with Gasteiger partial charge in [0.15, 0.2) is 0 Å². The molecule has 1 aromatic carbocycles. The number of ether oxygens (including phenoxy) is 2. The van der Waals surface area contributed by atoms with Crippen LogP contribution in [0.25, 0.3) is 11.3 Å². The standard InChI is InChI=1S/C31H34N8O4/c1-31(2,3)43-30(41)39-15-13-38(14-16-39)28-17-22(9-10-34-28)25-18-23(19-26(36-25)37-27-20-32-11-12-33-27)35-29(40)21-5-7-24(42-4)8-6-21/h5-12,17-20H,13-16H2,1-4H3,(H2,33,35,36,37,40). The molecule has 4 aromatic rings. The van der Waals surface area contributed by atoms with Gasteiger partial charge >= 0.3 is 6.09 Å². The highest BCUT2D eigenvalue weighted by Crippen LogP contribution is 2.28. The van der Waals surface area contributed by atoms with Gasteiger partial charge < -0.3 is 29.9 Å². The zero-order valence-corrected chi connectivity index (χ0v) is 24.6. The molecule has 0 aliphatic carbocycles. The Balaban J connectivity index is 1.38. The highest BCUT2D eigenvalue weighted by atomic mass is 16.6. The van der Waals surface area contributed by atoms with E-state index in [9.17, 15) is 9.59 Å². The molecule has 1 fully saturated rings. The van der Waals surface area contributed by atoms with Crippen LogP contribution < -0.4 is 20.3 Å². The fourth-order valence-electron chi connectivity index (χ4n) is 4.45. The molecule has 0 bridgehead atoms. The fraction of sp³-hybridized carbons (Fsp3) is 0.290. The summed E-state index contributed by atoms with van der Waals surface area (Å²) in [7, 11) is 1.58. The van der Waals surface area contributed by atoms with Crippen LogP contribution in [-0.2, 0) is 4.74 Å². The van der Waals surface area contributed by atoms with Crippen molar-refractivity contribution < 1.29 is 19.1 Å². The van der Waals surface area contributed by atoms with Crippen molar-refractivity contribution in [2.45, 2.75) is 26.4 Å². The highest BCUT2D eigenvalue weighted by Gasteiger charge is 2.26. The van der Waals surface area contributed by atoms with Gasteiger partial charge in [-0.1, -0.05) is 0 Å². The minimum absolute atomic E-state index is 0.275. The molecule has 43 heavy (non-hydrogen) atoms. The van der Waals surface area contributed by atoms with Gasteiger partial charge in [0.2, 0.25) is 0 Å². The molecule has 2 amide bonds. The molecule has 12 nitrogen and oxygen atoms in total. The summed E-state index contributed by atoms with van der Waals surface area (Å²) in [4.78, 5) is 47.2. The number of piperazine rings is 1. The predicted octanol–water partition coefficient (Wildman–Crippen LogP) is 5.00. The molecule has 1 aliphatic rings. The molecular weight excluding hydrogens is 548 g/mol. The van der Waals surface area contributed by atoms with E-state index in [0.717, 1.165) is 11.4 Å². The van der Waals surface area contributed by atoms with Crippen LogP contribution in [0, 0.1) is 0 Å². The Labute approximate surface area is 250 Å². The van der Waals surface area contributed by atoms with Crippen LogP contribution in [0.5, 0.6) is 5.75 Å². The zero-order chi connectivity index (χ0) is 30.4. The monoisotopic (exact) mass is 582 g/mol. The first-order chi connectivity index (χ1) is 20.7. The van der Waals surface area contributed by atoms with Crippen molar-refractivity contribution in [2.24, 2.45) is 0 Å². The number of nitrogens with zero attached hydrogens (tertiary/aromatic N) is 6. The number of hydrogen-bond acceptors (Lipinski definition) is 10. The number of aromatic nitrogens is 4. The van der Waals surface area contributed by atoms with E-state index < -0.39 is 5.60 Å². The highest BCUT2D eigenvalue weighted by molar-refractivity contribution is 6.04. The van der Waals surface area contributed by atoms with Gasteiger partial charge in [-0.2, -0.15) is 0 Å². The first-order valence-electron chi connectivity index (χ1n) is 13.9. The number of rotatable bonds is 7. The van der Waals surface area contributed by atoms with Crippen LogP contribution in [0.1, 0.15) is 31.1 Å². The quantitative estimate of drug-likeness (QED) is 0.307. The van der Waals surface area contributed by atoms with Gasteiger partial charge in [-0.3, -0.25) is 9.78 Å². The lowest BCUT2D eigenvalue weighted by Gasteiger charge is -2.36. The third-order valence-corrected chi connectivity index (χ3v) is 6.55. The lowest BCUT2D eigenvalue weighted by atomic mass is 10.1. The van der Waals surface area contributed by atoms with E-state index >= 15 is 0 Å². The van der Waals surface area contributed by atoms with E-state index in [1.54, 1.807) is 67.1 Å². The van der Waals surface area contributed by atoms with Gasteiger partial charge in [-0.25, -0.2) is 19.7 Å². The average molecular weight is 583 g/mol. The number of amides is 2. The summed E-state index contributed by atoms with van der Waals surface area (Å²) >= 11 is 0. The van der Waals surface area contributed by atoms with Gasteiger partial charge in [-0.05, 0) is 63.2 Å². The molecule has 4 heterocycles. The van der Waals surface area contributed by atoms with Crippen molar-refractivity contribution in [2.75, 3.05) is 48.8 Å². The van der Waals surface area contributed by atoms with Gasteiger partial charge in [0.25, 0.3) is 5.91 Å². The number of carbonyl (C=O) groups excluding carboxylic acids is 2. The Morgan fingerprint density at radius 1 is 0.884 bits per heavy atom. The van der Waals surface area contributed by atoms with Crippen molar-refractivity contribution in [3.05, 3.63) is 78.9 Å². The van der Waals surface area contributed by atoms with E-state index in [1.807, 2.05) is 39.0 Å². The number of hydrogen-bond donors (Lipinski definition) is 2. The Hall–Kier alpha value is -5.26. The van der Waals surface area contributed by atoms with E-state index in [1.165, 1.54) is 0 Å². The summed E-state index contributed by atoms with van der Waals surface area (Å²) < 4.78 is 10.7. The molecular formula is C31H34N8O4. The zero-order valence-electron chi connectivity index (χ0n) is 24.6. The van der Waals surface area contributed by atoms with Crippen molar-refractivity contribution in [1.82, 2.24) is 24.8 Å².